The molecular formula is C10H15F3N2O3. The Hall–Kier alpha value is -1.31. The zero-order valence-corrected chi connectivity index (χ0v) is 9.80. The highest BCUT2D eigenvalue weighted by Gasteiger charge is 2.58. The van der Waals surface area contributed by atoms with Gasteiger partial charge in [0.15, 0.2) is 0 Å². The Morgan fingerprint density at radius 3 is 2.39 bits per heavy atom. The Balaban J connectivity index is 2.78. The number of carboxylic acid groups (broad SMARTS) is 1. The van der Waals surface area contributed by atoms with Crippen molar-refractivity contribution < 1.29 is 27.9 Å². The van der Waals surface area contributed by atoms with E-state index in [1.54, 1.807) is 5.32 Å². The summed E-state index contributed by atoms with van der Waals surface area (Å²) in [6, 6.07) is 0. The number of hydrogen-bond donors (Lipinski definition) is 3. The average molecular weight is 268 g/mol. The van der Waals surface area contributed by atoms with E-state index in [4.69, 9.17) is 5.11 Å². The van der Waals surface area contributed by atoms with Gasteiger partial charge in [-0.05, 0) is 26.3 Å². The molecule has 104 valence electrons. The summed E-state index contributed by atoms with van der Waals surface area (Å²) in [5, 5.41) is 13.1. The molecule has 8 heteroatoms. The van der Waals surface area contributed by atoms with Gasteiger partial charge in [0.2, 0.25) is 11.4 Å². The van der Waals surface area contributed by atoms with Gasteiger partial charge in [-0.3, -0.25) is 4.79 Å². The average Bonchev–Trinajstić information content (AvgIpc) is 2.28. The Morgan fingerprint density at radius 1 is 1.39 bits per heavy atom. The number of rotatable bonds is 3. The van der Waals surface area contributed by atoms with Gasteiger partial charge in [0, 0.05) is 6.54 Å². The van der Waals surface area contributed by atoms with Crippen molar-refractivity contribution in [3.05, 3.63) is 0 Å². The fraction of sp³-hybridized carbons (Fsp3) is 0.800. The second-order valence-electron chi connectivity index (χ2n) is 4.46. The molecule has 1 fully saturated rings. The van der Waals surface area contributed by atoms with Crippen molar-refractivity contribution in [2.75, 3.05) is 13.1 Å². The van der Waals surface area contributed by atoms with Gasteiger partial charge in [0.1, 0.15) is 0 Å². The number of carboxylic acids is 1. The lowest BCUT2D eigenvalue weighted by atomic mass is 9.95. The lowest BCUT2D eigenvalue weighted by molar-refractivity contribution is -0.207. The van der Waals surface area contributed by atoms with Crippen molar-refractivity contribution in [2.24, 2.45) is 5.92 Å². The fourth-order valence-electron chi connectivity index (χ4n) is 1.67. The quantitative estimate of drug-likeness (QED) is 0.697. The van der Waals surface area contributed by atoms with Crippen molar-refractivity contribution in [2.45, 2.75) is 31.5 Å². The van der Waals surface area contributed by atoms with Crippen molar-refractivity contribution in [1.29, 1.82) is 0 Å². The molecule has 1 amide bonds. The number of halogens is 3. The predicted octanol–water partition coefficient (Wildman–Crippen LogP) is 0.508. The topological polar surface area (TPSA) is 78.4 Å². The lowest BCUT2D eigenvalue weighted by Gasteiger charge is -2.31. The molecule has 2 atom stereocenters. The SMILES string of the molecule is CC(NC(=O)C1CCCNC1)(C(=O)O)C(F)(F)F. The van der Waals surface area contributed by atoms with Crippen LogP contribution in [-0.4, -0.2) is 41.8 Å². The van der Waals surface area contributed by atoms with Crippen LogP contribution in [0.4, 0.5) is 13.2 Å². The van der Waals surface area contributed by atoms with E-state index in [0.717, 1.165) is 0 Å². The first-order valence-electron chi connectivity index (χ1n) is 5.51. The first-order chi connectivity index (χ1) is 8.18. The van der Waals surface area contributed by atoms with Crippen LogP contribution in [0.5, 0.6) is 0 Å². The van der Waals surface area contributed by atoms with Crippen LogP contribution >= 0.6 is 0 Å². The number of carbonyl (C=O) groups excluding carboxylic acids is 1. The first-order valence-corrected chi connectivity index (χ1v) is 5.51. The molecular weight excluding hydrogens is 253 g/mol. The Bertz CT molecular complexity index is 340. The monoisotopic (exact) mass is 268 g/mol. The predicted molar refractivity (Wildman–Crippen MR) is 55.8 cm³/mol. The summed E-state index contributed by atoms with van der Waals surface area (Å²) >= 11 is 0. The van der Waals surface area contributed by atoms with Gasteiger partial charge in [0.05, 0.1) is 5.92 Å². The summed E-state index contributed by atoms with van der Waals surface area (Å²) in [5.74, 6) is -3.63. The van der Waals surface area contributed by atoms with Crippen LogP contribution in [0.2, 0.25) is 0 Å². The van der Waals surface area contributed by atoms with Crippen molar-refractivity contribution in [3.8, 4) is 0 Å². The van der Waals surface area contributed by atoms with E-state index in [9.17, 15) is 22.8 Å². The van der Waals surface area contributed by atoms with Gasteiger partial charge in [-0.15, -0.1) is 0 Å². The summed E-state index contributed by atoms with van der Waals surface area (Å²) in [7, 11) is 0. The van der Waals surface area contributed by atoms with E-state index in [2.05, 4.69) is 5.32 Å². The Labute approximate surface area is 102 Å². The molecule has 18 heavy (non-hydrogen) atoms. The van der Waals surface area contributed by atoms with E-state index >= 15 is 0 Å². The smallest absolute Gasteiger partial charge is 0.422 e. The summed E-state index contributed by atoms with van der Waals surface area (Å²) in [4.78, 5) is 22.4. The highest BCUT2D eigenvalue weighted by atomic mass is 19.4. The zero-order chi connectivity index (χ0) is 14.0. The first kappa shape index (κ1) is 14.7. The van der Waals surface area contributed by atoms with Gasteiger partial charge < -0.3 is 15.7 Å². The maximum absolute atomic E-state index is 12.7. The third-order valence-corrected chi connectivity index (χ3v) is 3.04. The van der Waals surface area contributed by atoms with Crippen LogP contribution in [0.15, 0.2) is 0 Å². The second kappa shape index (κ2) is 5.13. The standard InChI is InChI=1S/C10H15F3N2O3/c1-9(8(17)18,10(11,12)13)15-7(16)6-3-2-4-14-5-6/h6,14H,2-5H2,1H3,(H,15,16)(H,17,18). The molecule has 0 saturated carbocycles. The Kier molecular flexibility index (Phi) is 4.20. The molecule has 1 aliphatic heterocycles. The van der Waals surface area contributed by atoms with Crippen LogP contribution in [0, 0.1) is 5.92 Å². The van der Waals surface area contributed by atoms with Crippen molar-refractivity contribution in [1.82, 2.24) is 10.6 Å². The number of amides is 1. The highest BCUT2D eigenvalue weighted by Crippen LogP contribution is 2.31. The zero-order valence-electron chi connectivity index (χ0n) is 9.80. The maximum Gasteiger partial charge on any atom is 0.422 e. The normalized spacial score (nSPS) is 24.1. The summed E-state index contributed by atoms with van der Waals surface area (Å²) < 4.78 is 38.0. The van der Waals surface area contributed by atoms with Crippen LogP contribution in [0.3, 0.4) is 0 Å². The van der Waals surface area contributed by atoms with E-state index in [-0.39, 0.29) is 6.54 Å². The minimum atomic E-state index is -5.05. The molecule has 3 N–H and O–H groups in total. The van der Waals surface area contributed by atoms with Gasteiger partial charge in [-0.25, -0.2) is 4.79 Å². The number of carbonyl (C=O) groups is 2. The van der Waals surface area contributed by atoms with Crippen molar-refractivity contribution >= 4 is 11.9 Å². The molecule has 1 aliphatic rings. The molecule has 1 saturated heterocycles. The maximum atomic E-state index is 12.7. The summed E-state index contributed by atoms with van der Waals surface area (Å²) in [6.07, 6.45) is -3.92. The number of aliphatic carboxylic acids is 1. The van der Waals surface area contributed by atoms with Crippen molar-refractivity contribution in [3.63, 3.8) is 0 Å². The number of nitrogens with one attached hydrogen (secondary N) is 2. The van der Waals surface area contributed by atoms with Crippen LogP contribution in [0.25, 0.3) is 0 Å². The molecule has 0 aliphatic carbocycles. The van der Waals surface area contributed by atoms with E-state index in [1.165, 1.54) is 0 Å². The lowest BCUT2D eigenvalue weighted by Crippen LogP contribution is -2.63. The van der Waals surface area contributed by atoms with Gasteiger partial charge in [-0.2, -0.15) is 13.2 Å². The summed E-state index contributed by atoms with van der Waals surface area (Å²) in [5.41, 5.74) is -3.25. The number of alkyl halides is 3. The molecule has 0 aromatic heterocycles. The Morgan fingerprint density at radius 2 is 2.00 bits per heavy atom. The molecule has 1 rings (SSSR count). The molecule has 2 unspecified atom stereocenters. The largest absolute Gasteiger partial charge is 0.479 e. The number of hydrogen-bond acceptors (Lipinski definition) is 3. The van der Waals surface area contributed by atoms with Gasteiger partial charge in [0.25, 0.3) is 0 Å². The second-order valence-corrected chi connectivity index (χ2v) is 4.46. The van der Waals surface area contributed by atoms with E-state index in [1.807, 2.05) is 0 Å². The van der Waals surface area contributed by atoms with Crippen LogP contribution < -0.4 is 10.6 Å². The third-order valence-electron chi connectivity index (χ3n) is 3.04. The molecule has 0 aromatic carbocycles. The third kappa shape index (κ3) is 2.92. The van der Waals surface area contributed by atoms with Crippen LogP contribution in [-0.2, 0) is 9.59 Å². The number of piperidine rings is 1. The summed E-state index contributed by atoms with van der Waals surface area (Å²) in [6.45, 7) is 1.42. The molecule has 0 spiro atoms. The minimum Gasteiger partial charge on any atom is -0.479 e. The highest BCUT2D eigenvalue weighted by molar-refractivity contribution is 5.88. The minimum absolute atomic E-state index is 0.263. The molecule has 5 nitrogen and oxygen atoms in total. The molecule has 0 aromatic rings. The molecule has 1 heterocycles. The fourth-order valence-corrected chi connectivity index (χ4v) is 1.67. The van der Waals surface area contributed by atoms with Gasteiger partial charge >= 0.3 is 12.1 Å². The van der Waals surface area contributed by atoms with E-state index < -0.39 is 29.5 Å². The molecule has 0 radical (unpaired) electrons. The molecule has 0 bridgehead atoms. The van der Waals surface area contributed by atoms with Crippen LogP contribution in [0.1, 0.15) is 19.8 Å². The van der Waals surface area contributed by atoms with E-state index in [0.29, 0.717) is 26.3 Å². The van der Waals surface area contributed by atoms with Gasteiger partial charge in [-0.1, -0.05) is 0 Å².